The molecule has 4 nitrogen and oxygen atoms in total. The van der Waals surface area contributed by atoms with Crippen molar-refractivity contribution < 1.29 is 9.59 Å². The first-order valence-corrected chi connectivity index (χ1v) is 6.74. The van der Waals surface area contributed by atoms with Crippen LogP contribution in [0, 0.1) is 0 Å². The van der Waals surface area contributed by atoms with Crippen LogP contribution in [0.2, 0.25) is 0 Å². The Bertz CT molecular complexity index is 413. The van der Waals surface area contributed by atoms with Gasteiger partial charge >= 0.3 is 0 Å². The van der Waals surface area contributed by atoms with Crippen LogP contribution < -0.4 is 11.1 Å². The molecule has 0 fully saturated rings. The highest BCUT2D eigenvalue weighted by molar-refractivity contribution is 5.95. The number of amides is 1. The fourth-order valence-electron chi connectivity index (χ4n) is 1.80. The van der Waals surface area contributed by atoms with Crippen LogP contribution in [-0.4, -0.2) is 18.2 Å². The van der Waals surface area contributed by atoms with E-state index in [4.69, 9.17) is 5.73 Å². The van der Waals surface area contributed by atoms with Crippen molar-refractivity contribution in [1.82, 2.24) is 0 Å². The molecule has 0 aliphatic heterocycles. The number of benzene rings is 1. The molecule has 0 unspecified atom stereocenters. The van der Waals surface area contributed by atoms with Crippen molar-refractivity contribution in [2.45, 2.75) is 39.0 Å². The van der Waals surface area contributed by atoms with Gasteiger partial charge in [-0.3, -0.25) is 9.59 Å². The Kier molecular flexibility index (Phi) is 6.82. The normalized spacial score (nSPS) is 10.2. The molecule has 0 aromatic heterocycles. The molecule has 3 N–H and O–H groups in total. The lowest BCUT2D eigenvalue weighted by molar-refractivity contribution is -0.116. The maximum Gasteiger partial charge on any atom is 0.224 e. The number of nitrogens with two attached hydrogens (primary N) is 1. The largest absolute Gasteiger partial charge is 0.330 e. The molecule has 104 valence electrons. The number of Topliss-reactive ketones (excluding diaryl/α,β-unsaturated/α-hetero) is 1. The monoisotopic (exact) mass is 262 g/mol. The summed E-state index contributed by atoms with van der Waals surface area (Å²) in [7, 11) is 0. The zero-order chi connectivity index (χ0) is 14.1. The number of anilines is 1. The van der Waals surface area contributed by atoms with E-state index in [-0.39, 0.29) is 11.7 Å². The molecule has 0 aliphatic rings. The van der Waals surface area contributed by atoms with E-state index in [0.29, 0.717) is 18.5 Å². The third-order valence-electron chi connectivity index (χ3n) is 2.93. The van der Waals surface area contributed by atoms with Crippen LogP contribution in [0.5, 0.6) is 0 Å². The van der Waals surface area contributed by atoms with E-state index < -0.39 is 0 Å². The first kappa shape index (κ1) is 15.4. The smallest absolute Gasteiger partial charge is 0.224 e. The van der Waals surface area contributed by atoms with E-state index in [0.717, 1.165) is 31.4 Å². The molecule has 0 saturated carbocycles. The lowest BCUT2D eigenvalue weighted by Crippen LogP contribution is -2.11. The number of carbonyl (C=O) groups excluding carboxylic acids is 2. The van der Waals surface area contributed by atoms with Gasteiger partial charge in [-0.25, -0.2) is 0 Å². The summed E-state index contributed by atoms with van der Waals surface area (Å²) >= 11 is 0. The van der Waals surface area contributed by atoms with E-state index in [1.807, 2.05) is 0 Å². The summed E-state index contributed by atoms with van der Waals surface area (Å²) in [4.78, 5) is 22.8. The molecule has 0 aliphatic carbocycles. The summed E-state index contributed by atoms with van der Waals surface area (Å²) in [5.74, 6) is 0.0427. The van der Waals surface area contributed by atoms with E-state index >= 15 is 0 Å². The van der Waals surface area contributed by atoms with Crippen LogP contribution in [0.15, 0.2) is 24.3 Å². The molecule has 0 bridgehead atoms. The number of rotatable bonds is 8. The molecular formula is C15H22N2O2. The lowest BCUT2D eigenvalue weighted by atomic mass is 10.1. The summed E-state index contributed by atoms with van der Waals surface area (Å²) < 4.78 is 0. The summed E-state index contributed by atoms with van der Waals surface area (Å²) in [5, 5.41) is 2.82. The molecule has 4 heteroatoms. The maximum absolute atomic E-state index is 11.7. The van der Waals surface area contributed by atoms with Gasteiger partial charge in [0.2, 0.25) is 5.91 Å². The lowest BCUT2D eigenvalue weighted by Gasteiger charge is -2.05. The van der Waals surface area contributed by atoms with Gasteiger partial charge in [0, 0.05) is 17.7 Å². The number of hydrogen-bond donors (Lipinski definition) is 2. The molecule has 1 amide bonds. The zero-order valence-corrected chi connectivity index (χ0v) is 11.4. The fourth-order valence-corrected chi connectivity index (χ4v) is 1.80. The third-order valence-corrected chi connectivity index (χ3v) is 2.93. The summed E-state index contributed by atoms with van der Waals surface area (Å²) in [6, 6.07) is 6.95. The SMILES string of the molecule is CC(=O)c1ccc(NC(=O)CCCCCCN)cc1. The second-order valence-electron chi connectivity index (χ2n) is 4.63. The van der Waals surface area contributed by atoms with Crippen LogP contribution in [0.3, 0.4) is 0 Å². The molecule has 1 rings (SSSR count). The summed E-state index contributed by atoms with van der Waals surface area (Å²) in [5.41, 5.74) is 6.79. The van der Waals surface area contributed by atoms with Gasteiger partial charge in [-0.15, -0.1) is 0 Å². The second kappa shape index (κ2) is 8.43. The van der Waals surface area contributed by atoms with Crippen molar-refractivity contribution >= 4 is 17.4 Å². The summed E-state index contributed by atoms with van der Waals surface area (Å²) in [6.45, 7) is 2.24. The Morgan fingerprint density at radius 3 is 2.26 bits per heavy atom. The Labute approximate surface area is 114 Å². The number of carbonyl (C=O) groups is 2. The van der Waals surface area contributed by atoms with Crippen molar-refractivity contribution in [2.24, 2.45) is 5.73 Å². The molecule has 0 atom stereocenters. The first-order chi connectivity index (χ1) is 9.13. The Morgan fingerprint density at radius 1 is 1.05 bits per heavy atom. The minimum Gasteiger partial charge on any atom is -0.330 e. The molecule has 0 saturated heterocycles. The molecule has 0 spiro atoms. The van der Waals surface area contributed by atoms with E-state index in [9.17, 15) is 9.59 Å². The predicted octanol–water partition coefficient (Wildman–Crippen LogP) is 2.74. The Morgan fingerprint density at radius 2 is 1.68 bits per heavy atom. The first-order valence-electron chi connectivity index (χ1n) is 6.74. The topological polar surface area (TPSA) is 72.2 Å². The van der Waals surface area contributed by atoms with Gasteiger partial charge in [0.25, 0.3) is 0 Å². The quantitative estimate of drug-likeness (QED) is 0.559. The van der Waals surface area contributed by atoms with Crippen molar-refractivity contribution in [2.75, 3.05) is 11.9 Å². The highest BCUT2D eigenvalue weighted by Crippen LogP contribution is 2.11. The fraction of sp³-hybridized carbons (Fsp3) is 0.467. The van der Waals surface area contributed by atoms with Crippen LogP contribution in [0.4, 0.5) is 5.69 Å². The third kappa shape index (κ3) is 6.15. The van der Waals surface area contributed by atoms with Crippen LogP contribution in [0.25, 0.3) is 0 Å². The average molecular weight is 262 g/mol. The van der Waals surface area contributed by atoms with Gasteiger partial charge in [-0.1, -0.05) is 12.8 Å². The molecule has 19 heavy (non-hydrogen) atoms. The van der Waals surface area contributed by atoms with Crippen molar-refractivity contribution in [1.29, 1.82) is 0 Å². The van der Waals surface area contributed by atoms with Crippen LogP contribution >= 0.6 is 0 Å². The van der Waals surface area contributed by atoms with Gasteiger partial charge in [-0.2, -0.15) is 0 Å². The van der Waals surface area contributed by atoms with Crippen LogP contribution in [0.1, 0.15) is 49.4 Å². The van der Waals surface area contributed by atoms with Gasteiger partial charge in [0.15, 0.2) is 5.78 Å². The van der Waals surface area contributed by atoms with E-state index in [1.165, 1.54) is 6.92 Å². The maximum atomic E-state index is 11.7. The highest BCUT2D eigenvalue weighted by Gasteiger charge is 2.03. The number of nitrogens with one attached hydrogen (secondary N) is 1. The van der Waals surface area contributed by atoms with Crippen LogP contribution in [-0.2, 0) is 4.79 Å². The summed E-state index contributed by atoms with van der Waals surface area (Å²) in [6.07, 6.45) is 4.55. The Hall–Kier alpha value is -1.68. The number of unbranched alkanes of at least 4 members (excludes halogenated alkanes) is 3. The van der Waals surface area contributed by atoms with Gasteiger partial charge in [0.05, 0.1) is 0 Å². The van der Waals surface area contributed by atoms with Gasteiger partial charge < -0.3 is 11.1 Å². The standard InChI is InChI=1S/C15H22N2O2/c1-12(18)13-7-9-14(10-8-13)17-15(19)6-4-2-3-5-11-16/h7-10H,2-6,11,16H2,1H3,(H,17,19). The molecule has 0 radical (unpaired) electrons. The van der Waals surface area contributed by atoms with Crippen molar-refractivity contribution in [3.05, 3.63) is 29.8 Å². The average Bonchev–Trinajstić information content (AvgIpc) is 2.39. The van der Waals surface area contributed by atoms with Gasteiger partial charge in [0.1, 0.15) is 0 Å². The molecule has 0 heterocycles. The minimum absolute atomic E-state index is 0.0170. The van der Waals surface area contributed by atoms with Crippen molar-refractivity contribution in [3.63, 3.8) is 0 Å². The number of hydrogen-bond acceptors (Lipinski definition) is 3. The molecular weight excluding hydrogens is 240 g/mol. The minimum atomic E-state index is 0.0170. The van der Waals surface area contributed by atoms with Crippen molar-refractivity contribution in [3.8, 4) is 0 Å². The number of ketones is 1. The zero-order valence-electron chi connectivity index (χ0n) is 11.4. The van der Waals surface area contributed by atoms with Gasteiger partial charge in [-0.05, 0) is 50.6 Å². The predicted molar refractivity (Wildman–Crippen MR) is 77.2 cm³/mol. The second-order valence-corrected chi connectivity index (χ2v) is 4.63. The molecule has 1 aromatic rings. The van der Waals surface area contributed by atoms with E-state index in [1.54, 1.807) is 24.3 Å². The molecule has 1 aromatic carbocycles. The Balaban J connectivity index is 2.30. The van der Waals surface area contributed by atoms with E-state index in [2.05, 4.69) is 5.32 Å². The highest BCUT2D eigenvalue weighted by atomic mass is 16.1.